The maximum Gasteiger partial charge on any atom is 0.0486 e. The first kappa shape index (κ1) is 12.0. The first-order valence-corrected chi connectivity index (χ1v) is 7.02. The van der Waals surface area contributed by atoms with Gasteiger partial charge in [0.15, 0.2) is 0 Å². The van der Waals surface area contributed by atoms with Gasteiger partial charge in [-0.25, -0.2) is 0 Å². The van der Waals surface area contributed by atoms with Crippen LogP contribution in [0.4, 0.5) is 0 Å². The summed E-state index contributed by atoms with van der Waals surface area (Å²) in [5, 5.41) is 0.340. The summed E-state index contributed by atoms with van der Waals surface area (Å²) in [7, 11) is 1.21. The Morgan fingerprint density at radius 3 is 2.79 bits per heavy atom. The maximum absolute atomic E-state index is 5.91. The van der Waals surface area contributed by atoms with Gasteiger partial charge in [-0.1, -0.05) is 18.9 Å². The number of rotatable bonds is 6. The first-order chi connectivity index (χ1) is 6.77. The molecule has 82 valence electrons. The van der Waals surface area contributed by atoms with E-state index < -0.39 is 0 Å². The molecule has 0 spiro atoms. The summed E-state index contributed by atoms with van der Waals surface area (Å²) in [4.78, 5) is 0. The van der Waals surface area contributed by atoms with Crippen molar-refractivity contribution in [1.29, 1.82) is 0 Å². The molecule has 1 heterocycles. The number of hydrogen-bond acceptors (Lipinski definition) is 1. The van der Waals surface area contributed by atoms with Gasteiger partial charge in [0.2, 0.25) is 0 Å². The van der Waals surface area contributed by atoms with Gasteiger partial charge >= 0.3 is 0 Å². The van der Waals surface area contributed by atoms with Crippen molar-refractivity contribution < 1.29 is 4.74 Å². The van der Waals surface area contributed by atoms with Gasteiger partial charge in [0.25, 0.3) is 0 Å². The molecular formula is C12H24OSi. The molecule has 0 aromatic heterocycles. The predicted molar refractivity (Wildman–Crippen MR) is 65.8 cm³/mol. The van der Waals surface area contributed by atoms with Gasteiger partial charge in [-0.05, 0) is 38.5 Å². The summed E-state index contributed by atoms with van der Waals surface area (Å²) in [6.45, 7) is 4.75. The molecule has 1 aliphatic rings. The molecule has 1 rings (SSSR count). The SMILES string of the molecule is C=CCCCCCC1([SiH3])CCCCO1. The molecule has 0 aromatic carbocycles. The lowest BCUT2D eigenvalue weighted by molar-refractivity contribution is -0.0239. The minimum absolute atomic E-state index is 0.340. The van der Waals surface area contributed by atoms with E-state index in [1.165, 1.54) is 61.6 Å². The van der Waals surface area contributed by atoms with Crippen molar-refractivity contribution in [1.82, 2.24) is 0 Å². The lowest BCUT2D eigenvalue weighted by atomic mass is 10.0. The monoisotopic (exact) mass is 212 g/mol. The van der Waals surface area contributed by atoms with Gasteiger partial charge < -0.3 is 4.74 Å². The van der Waals surface area contributed by atoms with Gasteiger partial charge in [-0.15, -0.1) is 6.58 Å². The Balaban J connectivity index is 2.06. The minimum atomic E-state index is 0.340. The lowest BCUT2D eigenvalue weighted by Gasteiger charge is -2.34. The zero-order valence-electron chi connectivity index (χ0n) is 9.56. The van der Waals surface area contributed by atoms with E-state index >= 15 is 0 Å². The summed E-state index contributed by atoms with van der Waals surface area (Å²) in [5.74, 6) is 0. The van der Waals surface area contributed by atoms with E-state index in [1.54, 1.807) is 0 Å². The predicted octanol–water partition coefficient (Wildman–Crippen LogP) is 2.39. The van der Waals surface area contributed by atoms with Crippen LogP contribution >= 0.6 is 0 Å². The van der Waals surface area contributed by atoms with E-state index in [-0.39, 0.29) is 0 Å². The highest BCUT2D eigenvalue weighted by Gasteiger charge is 2.26. The third kappa shape index (κ3) is 4.42. The number of hydrogen-bond donors (Lipinski definition) is 0. The molecule has 0 aliphatic carbocycles. The average molecular weight is 212 g/mol. The molecule has 14 heavy (non-hydrogen) atoms. The number of unbranched alkanes of at least 4 members (excludes halogenated alkanes) is 3. The molecule has 1 saturated heterocycles. The second kappa shape index (κ2) is 6.41. The van der Waals surface area contributed by atoms with Crippen molar-refractivity contribution >= 4 is 10.2 Å². The lowest BCUT2D eigenvalue weighted by Crippen LogP contribution is -2.36. The van der Waals surface area contributed by atoms with Crippen LogP contribution in [0.1, 0.15) is 51.4 Å². The molecule has 2 heteroatoms. The van der Waals surface area contributed by atoms with Crippen LogP contribution in [0.5, 0.6) is 0 Å². The van der Waals surface area contributed by atoms with Gasteiger partial charge in [0.1, 0.15) is 0 Å². The van der Waals surface area contributed by atoms with Crippen LogP contribution < -0.4 is 0 Å². The van der Waals surface area contributed by atoms with Crippen LogP contribution in [-0.4, -0.2) is 22.1 Å². The maximum atomic E-state index is 5.91. The third-order valence-corrected chi connectivity index (χ3v) is 4.45. The Kier molecular flexibility index (Phi) is 5.49. The molecule has 1 nitrogen and oxygen atoms in total. The highest BCUT2D eigenvalue weighted by molar-refractivity contribution is 6.14. The second-order valence-electron chi connectivity index (χ2n) is 4.64. The second-order valence-corrected chi connectivity index (χ2v) is 6.47. The molecule has 0 radical (unpaired) electrons. The first-order valence-electron chi connectivity index (χ1n) is 6.02. The zero-order valence-corrected chi connectivity index (χ0v) is 11.6. The highest BCUT2D eigenvalue weighted by atomic mass is 28.1. The molecule has 0 saturated carbocycles. The topological polar surface area (TPSA) is 9.23 Å². The van der Waals surface area contributed by atoms with E-state index in [4.69, 9.17) is 4.74 Å². The minimum Gasteiger partial charge on any atom is -0.380 e. The molecule has 1 fully saturated rings. The van der Waals surface area contributed by atoms with Crippen LogP contribution in [-0.2, 0) is 4.74 Å². The highest BCUT2D eigenvalue weighted by Crippen LogP contribution is 2.27. The largest absolute Gasteiger partial charge is 0.380 e. The zero-order chi connectivity index (χ0) is 10.3. The van der Waals surface area contributed by atoms with E-state index in [2.05, 4.69) is 6.58 Å². The van der Waals surface area contributed by atoms with Crippen molar-refractivity contribution in [2.24, 2.45) is 0 Å². The summed E-state index contributed by atoms with van der Waals surface area (Å²) in [5.41, 5.74) is 0. The van der Waals surface area contributed by atoms with Crippen LogP contribution in [0.15, 0.2) is 12.7 Å². The Bertz CT molecular complexity index is 162. The van der Waals surface area contributed by atoms with E-state index in [9.17, 15) is 0 Å². The molecule has 0 N–H and O–H groups in total. The molecule has 0 aromatic rings. The Hall–Kier alpha value is -0.0831. The van der Waals surface area contributed by atoms with Crippen molar-refractivity contribution in [3.8, 4) is 0 Å². The van der Waals surface area contributed by atoms with E-state index in [1.807, 2.05) is 6.08 Å². The van der Waals surface area contributed by atoms with Crippen LogP contribution in [0.25, 0.3) is 0 Å². The van der Waals surface area contributed by atoms with Crippen LogP contribution in [0.3, 0.4) is 0 Å². The fourth-order valence-corrected chi connectivity index (χ4v) is 3.06. The van der Waals surface area contributed by atoms with Crippen molar-refractivity contribution in [3.63, 3.8) is 0 Å². The summed E-state index contributed by atoms with van der Waals surface area (Å²) < 4.78 is 5.91. The third-order valence-electron chi connectivity index (χ3n) is 3.16. The smallest absolute Gasteiger partial charge is 0.0486 e. The Labute approximate surface area is 91.3 Å². The fraction of sp³-hybridized carbons (Fsp3) is 0.833. The van der Waals surface area contributed by atoms with E-state index in [0.29, 0.717) is 5.22 Å². The van der Waals surface area contributed by atoms with Gasteiger partial charge in [-0.2, -0.15) is 0 Å². The summed E-state index contributed by atoms with van der Waals surface area (Å²) in [6.07, 6.45) is 12.5. The molecule has 0 amide bonds. The van der Waals surface area contributed by atoms with Gasteiger partial charge in [0, 0.05) is 22.1 Å². The van der Waals surface area contributed by atoms with Crippen molar-refractivity contribution in [2.75, 3.05) is 6.61 Å². The van der Waals surface area contributed by atoms with Crippen LogP contribution in [0.2, 0.25) is 0 Å². The molecule has 1 atom stereocenters. The average Bonchev–Trinajstić information content (AvgIpc) is 2.18. The van der Waals surface area contributed by atoms with Gasteiger partial charge in [-0.3, -0.25) is 0 Å². The standard InChI is InChI=1S/C12H24OSi/c1-2-3-4-5-6-9-12(14)10-7-8-11-13-12/h2H,1,3-11H2,14H3. The molecular weight excluding hydrogens is 188 g/mol. The molecule has 0 bridgehead atoms. The van der Waals surface area contributed by atoms with Crippen molar-refractivity contribution in [3.05, 3.63) is 12.7 Å². The Morgan fingerprint density at radius 1 is 1.29 bits per heavy atom. The summed E-state index contributed by atoms with van der Waals surface area (Å²) >= 11 is 0. The normalized spacial score (nSPS) is 27.7. The van der Waals surface area contributed by atoms with Gasteiger partial charge in [0.05, 0.1) is 0 Å². The quantitative estimate of drug-likeness (QED) is 0.373. The Morgan fingerprint density at radius 2 is 2.14 bits per heavy atom. The summed E-state index contributed by atoms with van der Waals surface area (Å²) in [6, 6.07) is 0. The van der Waals surface area contributed by atoms with Crippen LogP contribution in [0, 0.1) is 0 Å². The van der Waals surface area contributed by atoms with Crippen molar-refractivity contribution in [2.45, 2.75) is 56.6 Å². The fourth-order valence-electron chi connectivity index (χ4n) is 2.15. The van der Waals surface area contributed by atoms with E-state index in [0.717, 1.165) is 6.61 Å². The number of ether oxygens (including phenoxy) is 1. The molecule has 1 aliphatic heterocycles. The molecule has 1 unspecified atom stereocenters. The number of allylic oxidation sites excluding steroid dienone is 1.